The first-order valence-electron chi connectivity index (χ1n) is 9.59. The van der Waals surface area contributed by atoms with Crippen LogP contribution in [0, 0.1) is 20.8 Å². The first-order chi connectivity index (χ1) is 12.4. The zero-order valence-corrected chi connectivity index (χ0v) is 16.8. The molecule has 1 aromatic heterocycles. The van der Waals surface area contributed by atoms with Gasteiger partial charge in [-0.05, 0) is 72.1 Å². The lowest BCUT2D eigenvalue weighted by atomic mass is 9.93. The Bertz CT molecular complexity index is 1020. The third-order valence-corrected chi connectivity index (χ3v) is 5.97. The molecule has 132 valence electrons. The molecular weight excluding hydrogens is 314 g/mol. The first-order valence-corrected chi connectivity index (χ1v) is 9.59. The van der Waals surface area contributed by atoms with Crippen molar-refractivity contribution in [2.45, 2.75) is 47.0 Å². The van der Waals surface area contributed by atoms with Gasteiger partial charge < -0.3 is 0 Å². The predicted octanol–water partition coefficient (Wildman–Crippen LogP) is 5.80. The van der Waals surface area contributed by atoms with Crippen molar-refractivity contribution in [3.8, 4) is 22.4 Å². The van der Waals surface area contributed by atoms with E-state index in [1.807, 2.05) is 0 Å². The fourth-order valence-corrected chi connectivity index (χ4v) is 4.26. The molecule has 26 heavy (non-hydrogen) atoms. The summed E-state index contributed by atoms with van der Waals surface area (Å²) in [4.78, 5) is 0. The van der Waals surface area contributed by atoms with Gasteiger partial charge in [0.15, 0.2) is 6.20 Å². The Morgan fingerprint density at radius 1 is 0.846 bits per heavy atom. The van der Waals surface area contributed by atoms with Crippen LogP contribution < -0.4 is 4.57 Å². The molecule has 0 bridgehead atoms. The van der Waals surface area contributed by atoms with Gasteiger partial charge >= 0.3 is 0 Å². The highest BCUT2D eigenvalue weighted by atomic mass is 14.9. The number of benzene rings is 2. The van der Waals surface area contributed by atoms with Gasteiger partial charge in [0, 0.05) is 11.6 Å². The number of hydrogen-bond donors (Lipinski definition) is 0. The summed E-state index contributed by atoms with van der Waals surface area (Å²) in [5.74, 6) is 0.572. The van der Waals surface area contributed by atoms with Crippen LogP contribution in [0.25, 0.3) is 22.4 Å². The van der Waals surface area contributed by atoms with Crippen molar-refractivity contribution in [1.82, 2.24) is 0 Å². The second-order valence-electron chi connectivity index (χ2n) is 8.17. The minimum Gasteiger partial charge on any atom is -0.201 e. The van der Waals surface area contributed by atoms with Gasteiger partial charge in [0.25, 0.3) is 0 Å². The molecule has 0 atom stereocenters. The van der Waals surface area contributed by atoms with Crippen molar-refractivity contribution in [2.24, 2.45) is 7.05 Å². The van der Waals surface area contributed by atoms with E-state index in [2.05, 4.69) is 88.8 Å². The number of fused-ring (bicyclic) bond motifs is 3. The van der Waals surface area contributed by atoms with Gasteiger partial charge in [-0.2, -0.15) is 0 Å². The highest BCUT2D eigenvalue weighted by Crippen LogP contribution is 2.43. The molecule has 0 spiro atoms. The van der Waals surface area contributed by atoms with Crippen LogP contribution in [0.15, 0.2) is 42.6 Å². The van der Waals surface area contributed by atoms with Crippen molar-refractivity contribution in [3.63, 3.8) is 0 Å². The van der Waals surface area contributed by atoms with E-state index in [0.29, 0.717) is 5.92 Å². The van der Waals surface area contributed by atoms with Gasteiger partial charge in [0.2, 0.25) is 5.69 Å². The molecule has 1 nitrogen and oxygen atoms in total. The van der Waals surface area contributed by atoms with E-state index in [-0.39, 0.29) is 0 Å². The number of hydrogen-bond acceptors (Lipinski definition) is 0. The summed E-state index contributed by atoms with van der Waals surface area (Å²) in [6, 6.07) is 14.0. The van der Waals surface area contributed by atoms with Crippen LogP contribution in [0.4, 0.5) is 0 Å². The normalized spacial score (nSPS) is 12.4. The van der Waals surface area contributed by atoms with Gasteiger partial charge in [-0.1, -0.05) is 44.2 Å². The second-order valence-corrected chi connectivity index (χ2v) is 8.17. The number of aryl methyl sites for hydroxylation is 4. The average molecular weight is 343 g/mol. The minimum atomic E-state index is 0.572. The summed E-state index contributed by atoms with van der Waals surface area (Å²) in [5, 5.41) is 0. The average Bonchev–Trinajstić information content (AvgIpc) is 2.96. The van der Waals surface area contributed by atoms with Crippen LogP contribution in [-0.2, 0) is 13.5 Å². The van der Waals surface area contributed by atoms with E-state index < -0.39 is 0 Å². The number of pyridine rings is 1. The fourth-order valence-electron chi connectivity index (χ4n) is 4.26. The molecule has 1 heteroatoms. The number of aromatic nitrogens is 1. The molecule has 0 saturated carbocycles. The maximum Gasteiger partial charge on any atom is 0.213 e. The van der Waals surface area contributed by atoms with Gasteiger partial charge in [-0.25, -0.2) is 4.57 Å². The first kappa shape index (κ1) is 17.0. The Balaban J connectivity index is 1.93. The van der Waals surface area contributed by atoms with E-state index in [4.69, 9.17) is 0 Å². The maximum absolute atomic E-state index is 2.42. The molecule has 0 amide bonds. The lowest BCUT2D eigenvalue weighted by Gasteiger charge is -2.12. The third kappa shape index (κ3) is 2.58. The largest absolute Gasteiger partial charge is 0.213 e. The van der Waals surface area contributed by atoms with Crippen molar-refractivity contribution in [1.29, 1.82) is 0 Å². The Morgan fingerprint density at radius 2 is 1.58 bits per heavy atom. The lowest BCUT2D eigenvalue weighted by molar-refractivity contribution is -0.660. The molecule has 0 fully saturated rings. The molecule has 0 unspecified atom stereocenters. The number of rotatable bonds is 2. The molecule has 2 aromatic carbocycles. The Labute approximate surface area is 157 Å². The molecule has 0 radical (unpaired) electrons. The summed E-state index contributed by atoms with van der Waals surface area (Å²) >= 11 is 0. The molecule has 1 heterocycles. The minimum absolute atomic E-state index is 0.572. The quantitative estimate of drug-likeness (QED) is 0.405. The monoisotopic (exact) mass is 342 g/mol. The van der Waals surface area contributed by atoms with Crippen LogP contribution in [0.5, 0.6) is 0 Å². The van der Waals surface area contributed by atoms with Gasteiger partial charge in [-0.3, -0.25) is 0 Å². The standard InChI is InChI=1S/C25H28N/c1-15(2)19-8-10-21-20(12-19)13-23-22(21)9-7-16(3)25(23)24-11-17(4)18(5)14-26(24)6/h7-12,14-15H,13H2,1-6H3/q+1. The number of nitrogens with zero attached hydrogens (tertiary/aromatic N) is 1. The van der Waals surface area contributed by atoms with E-state index in [0.717, 1.165) is 6.42 Å². The molecule has 4 rings (SSSR count). The van der Waals surface area contributed by atoms with Crippen LogP contribution >= 0.6 is 0 Å². The van der Waals surface area contributed by atoms with Crippen LogP contribution in [0.3, 0.4) is 0 Å². The van der Waals surface area contributed by atoms with Gasteiger partial charge in [0.05, 0.1) is 5.56 Å². The van der Waals surface area contributed by atoms with E-state index in [1.54, 1.807) is 0 Å². The van der Waals surface area contributed by atoms with E-state index >= 15 is 0 Å². The van der Waals surface area contributed by atoms with Crippen molar-refractivity contribution < 1.29 is 4.57 Å². The summed E-state index contributed by atoms with van der Waals surface area (Å²) < 4.78 is 2.29. The smallest absolute Gasteiger partial charge is 0.201 e. The fraction of sp³-hybridized carbons (Fsp3) is 0.320. The van der Waals surface area contributed by atoms with Crippen LogP contribution in [0.1, 0.15) is 53.1 Å². The van der Waals surface area contributed by atoms with Crippen LogP contribution in [0.2, 0.25) is 0 Å². The molecule has 0 saturated heterocycles. The predicted molar refractivity (Wildman–Crippen MR) is 110 cm³/mol. The molecule has 0 N–H and O–H groups in total. The van der Waals surface area contributed by atoms with Crippen LogP contribution in [-0.4, -0.2) is 0 Å². The second kappa shape index (κ2) is 6.09. The summed E-state index contributed by atoms with van der Waals surface area (Å²) in [7, 11) is 2.17. The molecule has 1 aliphatic carbocycles. The Morgan fingerprint density at radius 3 is 2.31 bits per heavy atom. The summed E-state index contributed by atoms with van der Waals surface area (Å²) in [5.41, 5.74) is 14.0. The third-order valence-electron chi connectivity index (χ3n) is 5.97. The van der Waals surface area contributed by atoms with Gasteiger partial charge in [0.1, 0.15) is 7.05 Å². The molecular formula is C25H28N+. The zero-order valence-electron chi connectivity index (χ0n) is 16.8. The molecule has 0 aliphatic heterocycles. The summed E-state index contributed by atoms with van der Waals surface area (Å²) in [6.07, 6.45) is 3.29. The van der Waals surface area contributed by atoms with E-state index in [1.165, 1.54) is 55.8 Å². The maximum atomic E-state index is 2.42. The zero-order chi connectivity index (χ0) is 18.6. The highest BCUT2D eigenvalue weighted by molar-refractivity contribution is 5.85. The lowest BCUT2D eigenvalue weighted by Crippen LogP contribution is -2.32. The highest BCUT2D eigenvalue weighted by Gasteiger charge is 2.27. The van der Waals surface area contributed by atoms with Gasteiger partial charge in [-0.15, -0.1) is 0 Å². The van der Waals surface area contributed by atoms with Crippen molar-refractivity contribution >= 4 is 0 Å². The molecule has 1 aliphatic rings. The Kier molecular flexibility index (Phi) is 3.99. The Hall–Kier alpha value is -2.41. The summed E-state index contributed by atoms with van der Waals surface area (Å²) in [6.45, 7) is 11.2. The topological polar surface area (TPSA) is 3.88 Å². The SMILES string of the molecule is Cc1cc(-c2c(C)ccc3c2Cc2cc(C(C)C)ccc2-3)[n+](C)cc1C. The van der Waals surface area contributed by atoms with Crippen molar-refractivity contribution in [3.05, 3.63) is 76.0 Å². The molecule has 3 aromatic rings. The van der Waals surface area contributed by atoms with Crippen molar-refractivity contribution in [2.75, 3.05) is 0 Å². The van der Waals surface area contributed by atoms with E-state index in [9.17, 15) is 0 Å².